The van der Waals surface area contributed by atoms with Crippen molar-refractivity contribution in [3.05, 3.63) is 53.1 Å². The van der Waals surface area contributed by atoms with Crippen LogP contribution in [-0.4, -0.2) is 76.6 Å². The standard InChI is InChI=1S/C20H28FN5O/c1-3-24-8-10-25(11-9-24)12-13-26(15-17-6-4-5-7-18(17)21)20(27)19-14-16(2)22-23-19/h4-7,14H,3,8-13,15H2,1-2H3,(H,22,23). The highest BCUT2D eigenvalue weighted by Gasteiger charge is 2.22. The van der Waals surface area contributed by atoms with Gasteiger partial charge in [0.05, 0.1) is 0 Å². The lowest BCUT2D eigenvalue weighted by Crippen LogP contribution is -2.48. The van der Waals surface area contributed by atoms with Crippen molar-refractivity contribution in [1.82, 2.24) is 24.9 Å². The summed E-state index contributed by atoms with van der Waals surface area (Å²) in [5.74, 6) is -0.458. The molecule has 0 aliphatic carbocycles. The predicted octanol–water partition coefficient (Wildman–Crippen LogP) is 2.14. The van der Waals surface area contributed by atoms with Crippen LogP contribution in [0.2, 0.25) is 0 Å². The summed E-state index contributed by atoms with van der Waals surface area (Å²) in [6.07, 6.45) is 0. The van der Waals surface area contributed by atoms with Gasteiger partial charge in [-0.05, 0) is 25.6 Å². The molecular weight excluding hydrogens is 345 g/mol. The number of benzene rings is 1. The molecule has 1 N–H and O–H groups in total. The maximum atomic E-state index is 14.1. The zero-order valence-corrected chi connectivity index (χ0v) is 16.1. The van der Waals surface area contributed by atoms with E-state index in [0.29, 0.717) is 17.8 Å². The first-order valence-corrected chi connectivity index (χ1v) is 9.56. The minimum atomic E-state index is -0.287. The number of aromatic nitrogens is 2. The third kappa shape index (κ3) is 5.14. The Balaban J connectivity index is 1.68. The molecule has 0 saturated carbocycles. The average Bonchev–Trinajstić information content (AvgIpc) is 3.12. The van der Waals surface area contributed by atoms with E-state index in [1.807, 2.05) is 6.92 Å². The number of piperazine rings is 1. The molecule has 0 radical (unpaired) electrons. The van der Waals surface area contributed by atoms with Gasteiger partial charge in [0.1, 0.15) is 11.5 Å². The first-order chi connectivity index (χ1) is 13.1. The Morgan fingerprint density at radius 1 is 1.22 bits per heavy atom. The lowest BCUT2D eigenvalue weighted by molar-refractivity contribution is 0.0687. The molecule has 7 heteroatoms. The zero-order valence-electron chi connectivity index (χ0n) is 16.1. The molecule has 6 nitrogen and oxygen atoms in total. The SMILES string of the molecule is CCN1CCN(CCN(Cc2ccccc2F)C(=O)c2cc(C)[nH]n2)CC1. The van der Waals surface area contributed by atoms with Gasteiger partial charge in [-0.25, -0.2) is 4.39 Å². The number of aromatic amines is 1. The number of aryl methyl sites for hydroxylation is 1. The zero-order chi connectivity index (χ0) is 19.2. The fraction of sp³-hybridized carbons (Fsp3) is 0.500. The number of H-pyrrole nitrogens is 1. The van der Waals surface area contributed by atoms with Crippen molar-refractivity contribution in [2.24, 2.45) is 0 Å². The number of nitrogens with zero attached hydrogens (tertiary/aromatic N) is 4. The molecule has 1 amide bonds. The van der Waals surface area contributed by atoms with E-state index in [4.69, 9.17) is 0 Å². The molecule has 0 atom stereocenters. The lowest BCUT2D eigenvalue weighted by Gasteiger charge is -2.35. The van der Waals surface area contributed by atoms with Crippen molar-refractivity contribution in [2.45, 2.75) is 20.4 Å². The van der Waals surface area contributed by atoms with Crippen LogP contribution in [0.4, 0.5) is 4.39 Å². The first kappa shape index (κ1) is 19.5. The van der Waals surface area contributed by atoms with Crippen molar-refractivity contribution < 1.29 is 9.18 Å². The molecular formula is C20H28FN5O. The van der Waals surface area contributed by atoms with Crippen LogP contribution in [0.5, 0.6) is 0 Å². The number of hydrogen-bond acceptors (Lipinski definition) is 4. The smallest absolute Gasteiger partial charge is 0.274 e. The van der Waals surface area contributed by atoms with Crippen molar-refractivity contribution in [3.63, 3.8) is 0 Å². The number of nitrogens with one attached hydrogen (secondary N) is 1. The van der Waals surface area contributed by atoms with Crippen molar-refractivity contribution in [3.8, 4) is 0 Å². The van der Waals surface area contributed by atoms with Crippen LogP contribution in [0, 0.1) is 12.7 Å². The van der Waals surface area contributed by atoms with Gasteiger partial charge in [-0.15, -0.1) is 0 Å². The highest BCUT2D eigenvalue weighted by Crippen LogP contribution is 2.13. The van der Waals surface area contributed by atoms with E-state index in [-0.39, 0.29) is 18.3 Å². The topological polar surface area (TPSA) is 55.5 Å². The van der Waals surface area contributed by atoms with Gasteiger partial charge in [0.2, 0.25) is 0 Å². The molecule has 1 aliphatic rings. The highest BCUT2D eigenvalue weighted by atomic mass is 19.1. The molecule has 0 unspecified atom stereocenters. The first-order valence-electron chi connectivity index (χ1n) is 9.56. The number of halogens is 1. The van der Waals surface area contributed by atoms with E-state index in [9.17, 15) is 9.18 Å². The second-order valence-electron chi connectivity index (χ2n) is 7.03. The molecule has 0 spiro atoms. The van der Waals surface area contributed by atoms with Gasteiger partial charge in [-0.1, -0.05) is 25.1 Å². The second-order valence-corrected chi connectivity index (χ2v) is 7.03. The molecule has 1 aliphatic heterocycles. The Morgan fingerprint density at radius 3 is 2.56 bits per heavy atom. The number of carbonyl (C=O) groups is 1. The van der Waals surface area contributed by atoms with Crippen LogP contribution in [0.25, 0.3) is 0 Å². The molecule has 1 saturated heterocycles. The van der Waals surface area contributed by atoms with Crippen LogP contribution in [-0.2, 0) is 6.54 Å². The normalized spacial score (nSPS) is 15.8. The van der Waals surface area contributed by atoms with Gasteiger partial charge in [-0.3, -0.25) is 14.8 Å². The van der Waals surface area contributed by atoms with Crippen molar-refractivity contribution in [2.75, 3.05) is 45.8 Å². The number of likely N-dealkylation sites (N-methyl/N-ethyl adjacent to an activating group) is 1. The third-order valence-corrected chi connectivity index (χ3v) is 5.13. The largest absolute Gasteiger partial charge is 0.332 e. The van der Waals surface area contributed by atoms with E-state index in [1.165, 1.54) is 6.07 Å². The second kappa shape index (κ2) is 9.10. The minimum absolute atomic E-state index is 0.171. The summed E-state index contributed by atoms with van der Waals surface area (Å²) in [5.41, 5.74) is 1.73. The fourth-order valence-corrected chi connectivity index (χ4v) is 3.37. The van der Waals surface area contributed by atoms with Gasteiger partial charge in [0.25, 0.3) is 5.91 Å². The van der Waals surface area contributed by atoms with Crippen molar-refractivity contribution >= 4 is 5.91 Å². The van der Waals surface area contributed by atoms with Gasteiger partial charge in [0, 0.05) is 57.1 Å². The molecule has 1 fully saturated rings. The summed E-state index contributed by atoms with van der Waals surface area (Å²) in [7, 11) is 0. The molecule has 3 rings (SSSR count). The molecule has 2 heterocycles. The van der Waals surface area contributed by atoms with Crippen LogP contribution in [0.3, 0.4) is 0 Å². The number of amides is 1. The van der Waals surface area contributed by atoms with E-state index in [2.05, 4.69) is 26.9 Å². The molecule has 27 heavy (non-hydrogen) atoms. The Morgan fingerprint density at radius 2 is 1.93 bits per heavy atom. The van der Waals surface area contributed by atoms with Crippen LogP contribution in [0.15, 0.2) is 30.3 Å². The molecule has 1 aromatic heterocycles. The Labute approximate surface area is 160 Å². The Hall–Kier alpha value is -2.25. The van der Waals surface area contributed by atoms with Crippen molar-refractivity contribution in [1.29, 1.82) is 0 Å². The summed E-state index contributed by atoms with van der Waals surface area (Å²) in [6.45, 7) is 10.8. The summed E-state index contributed by atoms with van der Waals surface area (Å²) >= 11 is 0. The Kier molecular flexibility index (Phi) is 6.58. The maximum absolute atomic E-state index is 14.1. The molecule has 1 aromatic carbocycles. The summed E-state index contributed by atoms with van der Waals surface area (Å²) in [5, 5.41) is 6.90. The third-order valence-electron chi connectivity index (χ3n) is 5.13. The quantitative estimate of drug-likeness (QED) is 0.808. The van der Waals surface area contributed by atoms with Gasteiger partial charge in [-0.2, -0.15) is 5.10 Å². The molecule has 146 valence electrons. The average molecular weight is 373 g/mol. The number of hydrogen-bond donors (Lipinski definition) is 1. The van der Waals surface area contributed by atoms with Gasteiger partial charge in [0.15, 0.2) is 0 Å². The lowest BCUT2D eigenvalue weighted by atomic mass is 10.2. The van der Waals surface area contributed by atoms with Crippen LogP contribution >= 0.6 is 0 Å². The monoisotopic (exact) mass is 373 g/mol. The van der Waals surface area contributed by atoms with E-state index in [1.54, 1.807) is 29.2 Å². The van der Waals surface area contributed by atoms with E-state index < -0.39 is 0 Å². The van der Waals surface area contributed by atoms with E-state index >= 15 is 0 Å². The number of rotatable bonds is 7. The molecule has 0 bridgehead atoms. The fourth-order valence-electron chi connectivity index (χ4n) is 3.37. The van der Waals surface area contributed by atoms with Gasteiger partial charge >= 0.3 is 0 Å². The van der Waals surface area contributed by atoms with Crippen LogP contribution in [0.1, 0.15) is 28.7 Å². The van der Waals surface area contributed by atoms with Gasteiger partial charge < -0.3 is 9.80 Å². The Bertz CT molecular complexity index is 754. The molecule has 2 aromatic rings. The number of carbonyl (C=O) groups excluding carboxylic acids is 1. The maximum Gasteiger partial charge on any atom is 0.274 e. The predicted molar refractivity (Wildman–Crippen MR) is 103 cm³/mol. The highest BCUT2D eigenvalue weighted by molar-refractivity contribution is 5.92. The van der Waals surface area contributed by atoms with Crippen LogP contribution < -0.4 is 0 Å². The summed E-state index contributed by atoms with van der Waals surface area (Å²) in [4.78, 5) is 19.4. The summed E-state index contributed by atoms with van der Waals surface area (Å²) in [6, 6.07) is 8.35. The van der Waals surface area contributed by atoms with E-state index in [0.717, 1.165) is 45.0 Å². The summed E-state index contributed by atoms with van der Waals surface area (Å²) < 4.78 is 14.1. The minimum Gasteiger partial charge on any atom is -0.332 e.